The number of nitrogens with zero attached hydrogens (tertiary/aromatic N) is 1. The SMILES string of the molecule is C[C@H]1CCCCN1CC[C@H]1CCCNC1. The van der Waals surface area contributed by atoms with Crippen LogP contribution in [0.25, 0.3) is 0 Å². The van der Waals surface area contributed by atoms with Crippen molar-refractivity contribution >= 4 is 0 Å². The summed E-state index contributed by atoms with van der Waals surface area (Å²) in [5.41, 5.74) is 0. The molecule has 2 rings (SSSR count). The van der Waals surface area contributed by atoms with E-state index in [4.69, 9.17) is 0 Å². The van der Waals surface area contributed by atoms with Gasteiger partial charge in [-0.25, -0.2) is 0 Å². The van der Waals surface area contributed by atoms with Crippen LogP contribution >= 0.6 is 0 Å². The molecule has 0 bridgehead atoms. The Morgan fingerprint density at radius 1 is 1.20 bits per heavy atom. The summed E-state index contributed by atoms with van der Waals surface area (Å²) in [4.78, 5) is 2.71. The van der Waals surface area contributed by atoms with E-state index in [1.54, 1.807) is 0 Å². The molecule has 0 aromatic carbocycles. The van der Waals surface area contributed by atoms with Crippen LogP contribution in [0.15, 0.2) is 0 Å². The first-order valence-electron chi connectivity index (χ1n) is 6.81. The molecule has 2 aliphatic rings. The summed E-state index contributed by atoms with van der Waals surface area (Å²) in [6.45, 7) is 7.60. The van der Waals surface area contributed by atoms with Crippen LogP contribution in [0.1, 0.15) is 45.4 Å². The van der Waals surface area contributed by atoms with Gasteiger partial charge in [0.25, 0.3) is 0 Å². The van der Waals surface area contributed by atoms with E-state index >= 15 is 0 Å². The van der Waals surface area contributed by atoms with Crippen LogP contribution in [-0.2, 0) is 0 Å². The van der Waals surface area contributed by atoms with E-state index in [0.717, 1.165) is 12.0 Å². The number of rotatable bonds is 3. The molecule has 0 aliphatic carbocycles. The lowest BCUT2D eigenvalue weighted by Gasteiger charge is -2.35. The van der Waals surface area contributed by atoms with Gasteiger partial charge in [0.1, 0.15) is 0 Å². The molecule has 15 heavy (non-hydrogen) atoms. The van der Waals surface area contributed by atoms with Crippen molar-refractivity contribution < 1.29 is 0 Å². The minimum atomic E-state index is 0.843. The zero-order valence-electron chi connectivity index (χ0n) is 10.2. The fourth-order valence-electron chi connectivity index (χ4n) is 3.01. The molecule has 2 nitrogen and oxygen atoms in total. The summed E-state index contributed by atoms with van der Waals surface area (Å²) in [6.07, 6.45) is 8.55. The van der Waals surface area contributed by atoms with Crippen LogP contribution in [-0.4, -0.2) is 37.1 Å². The first-order valence-corrected chi connectivity index (χ1v) is 6.81. The molecule has 0 spiro atoms. The third kappa shape index (κ3) is 3.46. The Morgan fingerprint density at radius 2 is 2.13 bits per heavy atom. The van der Waals surface area contributed by atoms with Gasteiger partial charge in [0.2, 0.25) is 0 Å². The van der Waals surface area contributed by atoms with Gasteiger partial charge >= 0.3 is 0 Å². The second-order valence-electron chi connectivity index (χ2n) is 5.38. The van der Waals surface area contributed by atoms with Gasteiger partial charge in [0.05, 0.1) is 0 Å². The Bertz CT molecular complexity index is 175. The van der Waals surface area contributed by atoms with E-state index in [-0.39, 0.29) is 0 Å². The molecular formula is C13H26N2. The molecule has 2 saturated heterocycles. The molecule has 88 valence electrons. The zero-order valence-corrected chi connectivity index (χ0v) is 10.2. The van der Waals surface area contributed by atoms with Gasteiger partial charge in [-0.05, 0) is 71.1 Å². The van der Waals surface area contributed by atoms with Gasteiger partial charge in [-0.3, -0.25) is 0 Å². The van der Waals surface area contributed by atoms with Crippen LogP contribution in [0.3, 0.4) is 0 Å². The maximum atomic E-state index is 3.52. The van der Waals surface area contributed by atoms with Crippen molar-refractivity contribution in [3.63, 3.8) is 0 Å². The van der Waals surface area contributed by atoms with Crippen LogP contribution < -0.4 is 5.32 Å². The fraction of sp³-hybridized carbons (Fsp3) is 1.00. The molecule has 0 aromatic heterocycles. The molecule has 0 aromatic rings. The van der Waals surface area contributed by atoms with Crippen molar-refractivity contribution in [3.8, 4) is 0 Å². The predicted octanol–water partition coefficient (Wildman–Crippen LogP) is 2.25. The van der Waals surface area contributed by atoms with Gasteiger partial charge < -0.3 is 10.2 Å². The van der Waals surface area contributed by atoms with Crippen LogP contribution in [0.5, 0.6) is 0 Å². The van der Waals surface area contributed by atoms with Crippen molar-refractivity contribution in [1.82, 2.24) is 10.2 Å². The highest BCUT2D eigenvalue weighted by Gasteiger charge is 2.20. The molecule has 0 unspecified atom stereocenters. The summed E-state index contributed by atoms with van der Waals surface area (Å²) in [5, 5.41) is 3.52. The number of nitrogens with one attached hydrogen (secondary N) is 1. The topological polar surface area (TPSA) is 15.3 Å². The molecule has 2 heteroatoms. The standard InChI is InChI=1S/C13H26N2/c1-12-5-2-3-9-15(12)10-7-13-6-4-8-14-11-13/h12-14H,2-11H2,1H3/t12-,13+/m0/s1. The largest absolute Gasteiger partial charge is 0.316 e. The van der Waals surface area contributed by atoms with Gasteiger partial charge in [0, 0.05) is 6.04 Å². The third-order valence-electron chi connectivity index (χ3n) is 4.16. The van der Waals surface area contributed by atoms with Crippen molar-refractivity contribution in [3.05, 3.63) is 0 Å². The molecule has 2 aliphatic heterocycles. The maximum Gasteiger partial charge on any atom is 0.00669 e. The van der Waals surface area contributed by atoms with Gasteiger partial charge in [-0.1, -0.05) is 6.42 Å². The highest BCUT2D eigenvalue weighted by atomic mass is 15.2. The van der Waals surface area contributed by atoms with Crippen LogP contribution in [0, 0.1) is 5.92 Å². The monoisotopic (exact) mass is 210 g/mol. The Hall–Kier alpha value is -0.0800. The Balaban J connectivity index is 1.67. The molecule has 1 N–H and O–H groups in total. The summed E-state index contributed by atoms with van der Waals surface area (Å²) < 4.78 is 0. The lowest BCUT2D eigenvalue weighted by Crippen LogP contribution is -2.40. The molecule has 0 saturated carbocycles. The minimum absolute atomic E-state index is 0.843. The quantitative estimate of drug-likeness (QED) is 0.768. The van der Waals surface area contributed by atoms with Crippen molar-refractivity contribution in [2.45, 2.75) is 51.5 Å². The van der Waals surface area contributed by atoms with Crippen molar-refractivity contribution in [2.75, 3.05) is 26.2 Å². The number of piperidine rings is 2. The van der Waals surface area contributed by atoms with Gasteiger partial charge in [0.15, 0.2) is 0 Å². The smallest absolute Gasteiger partial charge is 0.00669 e. The lowest BCUT2D eigenvalue weighted by atomic mass is 9.95. The number of likely N-dealkylation sites (tertiary alicyclic amines) is 1. The highest BCUT2D eigenvalue weighted by molar-refractivity contribution is 4.76. The van der Waals surface area contributed by atoms with E-state index < -0.39 is 0 Å². The van der Waals surface area contributed by atoms with Gasteiger partial charge in [-0.15, -0.1) is 0 Å². The Labute approximate surface area is 94.4 Å². The highest BCUT2D eigenvalue weighted by Crippen LogP contribution is 2.20. The Morgan fingerprint density at radius 3 is 2.87 bits per heavy atom. The van der Waals surface area contributed by atoms with E-state index in [9.17, 15) is 0 Å². The van der Waals surface area contributed by atoms with Crippen molar-refractivity contribution in [1.29, 1.82) is 0 Å². The summed E-state index contributed by atoms with van der Waals surface area (Å²) >= 11 is 0. The second kappa shape index (κ2) is 5.86. The molecule has 2 atom stereocenters. The van der Waals surface area contributed by atoms with Gasteiger partial charge in [-0.2, -0.15) is 0 Å². The van der Waals surface area contributed by atoms with E-state index in [1.807, 2.05) is 0 Å². The molecule has 0 radical (unpaired) electrons. The average Bonchev–Trinajstić information content (AvgIpc) is 2.29. The minimum Gasteiger partial charge on any atom is -0.316 e. The normalized spacial score (nSPS) is 34.2. The number of hydrogen-bond donors (Lipinski definition) is 1. The van der Waals surface area contributed by atoms with Crippen molar-refractivity contribution in [2.24, 2.45) is 5.92 Å². The second-order valence-corrected chi connectivity index (χ2v) is 5.38. The summed E-state index contributed by atoms with van der Waals surface area (Å²) in [5.74, 6) is 0.952. The molecule has 2 heterocycles. The predicted molar refractivity (Wildman–Crippen MR) is 65.1 cm³/mol. The number of hydrogen-bond acceptors (Lipinski definition) is 2. The first kappa shape index (κ1) is 11.4. The van der Waals surface area contributed by atoms with Crippen LogP contribution in [0.4, 0.5) is 0 Å². The van der Waals surface area contributed by atoms with E-state index in [1.165, 1.54) is 64.7 Å². The summed E-state index contributed by atoms with van der Waals surface area (Å²) in [6, 6.07) is 0.843. The molecule has 0 amide bonds. The lowest BCUT2D eigenvalue weighted by molar-refractivity contribution is 0.146. The molecule has 2 fully saturated rings. The van der Waals surface area contributed by atoms with E-state index in [0.29, 0.717) is 0 Å². The van der Waals surface area contributed by atoms with E-state index in [2.05, 4.69) is 17.1 Å². The Kier molecular flexibility index (Phi) is 4.45. The summed E-state index contributed by atoms with van der Waals surface area (Å²) in [7, 11) is 0. The maximum absolute atomic E-state index is 3.52. The third-order valence-corrected chi connectivity index (χ3v) is 4.16. The molecular weight excluding hydrogens is 184 g/mol. The fourth-order valence-corrected chi connectivity index (χ4v) is 3.01. The van der Waals surface area contributed by atoms with Crippen LogP contribution in [0.2, 0.25) is 0 Å². The first-order chi connectivity index (χ1) is 7.36. The average molecular weight is 210 g/mol. The zero-order chi connectivity index (χ0) is 10.5.